The maximum atomic E-state index is 5.50. The smallest absolute Gasteiger partial charge is 0.0456 e. The molecule has 1 aliphatic rings. The molecule has 0 saturated heterocycles. The first kappa shape index (κ1) is 21.5. The maximum absolute atomic E-state index is 5.50. The molecule has 5 aromatic rings. The largest absolute Gasteiger partial charge is 0.361 e. The van der Waals surface area contributed by atoms with Crippen molar-refractivity contribution in [2.75, 3.05) is 6.54 Å². The second-order valence-corrected chi connectivity index (χ2v) is 9.07. The molecule has 1 heterocycles. The van der Waals surface area contributed by atoms with Crippen LogP contribution in [0.15, 0.2) is 97.2 Å². The molecule has 3 N–H and O–H groups in total. The van der Waals surface area contributed by atoms with Gasteiger partial charge >= 0.3 is 0 Å². The molecule has 166 valence electrons. The van der Waals surface area contributed by atoms with Gasteiger partial charge in [0.1, 0.15) is 0 Å². The molecule has 33 heavy (non-hydrogen) atoms. The van der Waals surface area contributed by atoms with Crippen LogP contribution in [0, 0.1) is 0 Å². The van der Waals surface area contributed by atoms with Gasteiger partial charge in [0.2, 0.25) is 0 Å². The summed E-state index contributed by atoms with van der Waals surface area (Å²) in [5, 5.41) is 3.99. The van der Waals surface area contributed by atoms with Gasteiger partial charge in [0.15, 0.2) is 0 Å². The summed E-state index contributed by atoms with van der Waals surface area (Å²) in [6.45, 7) is 0.710. The molecule has 0 saturated carbocycles. The summed E-state index contributed by atoms with van der Waals surface area (Å²) in [4.78, 5) is 3.22. The monoisotopic (exact) mass is 432 g/mol. The molecule has 1 aromatic heterocycles. The van der Waals surface area contributed by atoms with Gasteiger partial charge in [0.05, 0.1) is 0 Å². The van der Waals surface area contributed by atoms with Crippen LogP contribution in [0.4, 0.5) is 0 Å². The minimum atomic E-state index is 0.691. The van der Waals surface area contributed by atoms with E-state index in [-0.39, 0.29) is 0 Å². The van der Waals surface area contributed by atoms with E-state index >= 15 is 0 Å². The summed E-state index contributed by atoms with van der Waals surface area (Å²) in [5.41, 5.74) is 12.6. The van der Waals surface area contributed by atoms with E-state index in [1.54, 1.807) is 11.1 Å². The Hall–Kier alpha value is -3.36. The van der Waals surface area contributed by atoms with Crippen LogP contribution in [0.1, 0.15) is 41.0 Å². The Kier molecular flexibility index (Phi) is 6.55. The fourth-order valence-electron chi connectivity index (χ4n) is 5.21. The van der Waals surface area contributed by atoms with E-state index in [1.807, 2.05) is 12.3 Å². The van der Waals surface area contributed by atoms with E-state index in [0.717, 1.165) is 6.42 Å². The molecule has 0 radical (unpaired) electrons. The lowest BCUT2D eigenvalue weighted by Crippen LogP contribution is -2.11. The van der Waals surface area contributed by atoms with Crippen molar-refractivity contribution in [3.63, 3.8) is 0 Å². The lowest BCUT2D eigenvalue weighted by molar-refractivity contribution is 0.551. The topological polar surface area (TPSA) is 41.8 Å². The quantitative estimate of drug-likeness (QED) is 0.310. The molecule has 0 aliphatic heterocycles. The zero-order chi connectivity index (χ0) is 22.5. The van der Waals surface area contributed by atoms with Crippen LogP contribution in [0.3, 0.4) is 0 Å². The van der Waals surface area contributed by atoms with Gasteiger partial charge < -0.3 is 10.7 Å². The van der Waals surface area contributed by atoms with E-state index in [0.29, 0.717) is 12.5 Å². The summed E-state index contributed by atoms with van der Waals surface area (Å²) >= 11 is 0. The lowest BCUT2D eigenvalue weighted by Gasteiger charge is -2.25. The number of rotatable bonds is 4. The van der Waals surface area contributed by atoms with Gasteiger partial charge in [0, 0.05) is 17.1 Å². The van der Waals surface area contributed by atoms with Crippen LogP contribution in [0.2, 0.25) is 0 Å². The fourth-order valence-corrected chi connectivity index (χ4v) is 5.21. The average Bonchev–Trinajstić information content (AvgIpc) is 3.28. The number of H-pyrrole nitrogens is 1. The standard InChI is InChI=1S/C21H20.C10H12N2/c1-2-8-19-14-16(12-13-17(19)6-1)15-20-10-5-9-18-7-3-4-11-21(18)20;11-6-5-8-7-12-10-4-2-1-3-9(8)10/h1-4,6-8,11-14,20H,5,9-10,15H2;1-4,7,12H,5-6,11H2. The maximum Gasteiger partial charge on any atom is 0.0456 e. The first-order valence-electron chi connectivity index (χ1n) is 12.1. The molecule has 1 aliphatic carbocycles. The van der Waals surface area contributed by atoms with Crippen molar-refractivity contribution in [2.24, 2.45) is 5.73 Å². The van der Waals surface area contributed by atoms with Gasteiger partial charge in [0.25, 0.3) is 0 Å². The number of benzene rings is 4. The van der Waals surface area contributed by atoms with E-state index in [1.165, 1.54) is 58.5 Å². The summed E-state index contributed by atoms with van der Waals surface area (Å²) < 4.78 is 0. The van der Waals surface area contributed by atoms with Crippen molar-refractivity contribution in [3.8, 4) is 0 Å². The minimum absolute atomic E-state index is 0.691. The Morgan fingerprint density at radius 1 is 0.818 bits per heavy atom. The minimum Gasteiger partial charge on any atom is -0.361 e. The fraction of sp³-hybridized carbons (Fsp3) is 0.226. The Labute approximate surface area is 196 Å². The van der Waals surface area contributed by atoms with Crippen molar-refractivity contribution in [1.82, 2.24) is 4.98 Å². The van der Waals surface area contributed by atoms with Gasteiger partial charge in [-0.1, -0.05) is 84.9 Å². The Bertz CT molecular complexity index is 1350. The molecule has 0 amide bonds. The van der Waals surface area contributed by atoms with Crippen LogP contribution < -0.4 is 5.73 Å². The number of hydrogen-bond acceptors (Lipinski definition) is 1. The second kappa shape index (κ2) is 10.1. The van der Waals surface area contributed by atoms with E-state index < -0.39 is 0 Å². The molecule has 6 rings (SSSR count). The van der Waals surface area contributed by atoms with E-state index in [2.05, 4.69) is 89.9 Å². The van der Waals surface area contributed by atoms with Gasteiger partial charge in [-0.3, -0.25) is 0 Å². The van der Waals surface area contributed by atoms with Gasteiger partial charge in [-0.05, 0) is 83.7 Å². The normalized spacial score (nSPS) is 15.1. The Morgan fingerprint density at radius 3 is 2.52 bits per heavy atom. The molecular weight excluding hydrogens is 400 g/mol. The summed E-state index contributed by atoms with van der Waals surface area (Å²) in [6.07, 6.45) is 8.06. The number of nitrogens with one attached hydrogen (secondary N) is 1. The predicted molar refractivity (Wildman–Crippen MR) is 141 cm³/mol. The van der Waals surface area contributed by atoms with Crippen LogP contribution in [0.5, 0.6) is 0 Å². The van der Waals surface area contributed by atoms with Crippen molar-refractivity contribution in [1.29, 1.82) is 0 Å². The van der Waals surface area contributed by atoms with E-state index in [4.69, 9.17) is 5.73 Å². The third kappa shape index (κ3) is 4.86. The Balaban J connectivity index is 0.000000162. The van der Waals surface area contributed by atoms with Gasteiger partial charge in [-0.2, -0.15) is 0 Å². The number of hydrogen-bond donors (Lipinski definition) is 2. The molecule has 2 nitrogen and oxygen atoms in total. The highest BCUT2D eigenvalue weighted by Crippen LogP contribution is 2.34. The van der Waals surface area contributed by atoms with Crippen LogP contribution in [-0.4, -0.2) is 11.5 Å². The second-order valence-electron chi connectivity index (χ2n) is 9.07. The van der Waals surface area contributed by atoms with Crippen LogP contribution in [-0.2, 0) is 19.3 Å². The number of fused-ring (bicyclic) bond motifs is 3. The van der Waals surface area contributed by atoms with Crippen molar-refractivity contribution < 1.29 is 0 Å². The molecule has 0 bridgehead atoms. The molecule has 4 aromatic carbocycles. The molecule has 0 spiro atoms. The van der Waals surface area contributed by atoms with Crippen molar-refractivity contribution in [2.45, 2.75) is 38.0 Å². The number of aromatic nitrogens is 1. The molecule has 0 fully saturated rings. The summed E-state index contributed by atoms with van der Waals surface area (Å²) in [5.74, 6) is 0.691. The third-order valence-electron chi connectivity index (χ3n) is 6.88. The van der Waals surface area contributed by atoms with Crippen molar-refractivity contribution >= 4 is 21.7 Å². The highest BCUT2D eigenvalue weighted by Gasteiger charge is 2.19. The zero-order valence-electron chi connectivity index (χ0n) is 19.1. The molecule has 1 unspecified atom stereocenters. The van der Waals surface area contributed by atoms with Gasteiger partial charge in [-0.15, -0.1) is 0 Å². The molecule has 1 atom stereocenters. The van der Waals surface area contributed by atoms with Crippen molar-refractivity contribution in [3.05, 3.63) is 119 Å². The first-order valence-corrected chi connectivity index (χ1v) is 12.1. The third-order valence-corrected chi connectivity index (χ3v) is 6.88. The highest BCUT2D eigenvalue weighted by molar-refractivity contribution is 5.83. The SMILES string of the molecule is NCCc1c[nH]c2ccccc12.c1ccc2c(c1)CCCC2Cc1ccc2ccccc2c1. The zero-order valence-corrected chi connectivity index (χ0v) is 19.1. The van der Waals surface area contributed by atoms with E-state index in [9.17, 15) is 0 Å². The van der Waals surface area contributed by atoms with Crippen LogP contribution in [0.25, 0.3) is 21.7 Å². The first-order chi connectivity index (χ1) is 16.3. The number of aromatic amines is 1. The molecular formula is C31H32N2. The number of nitrogens with two attached hydrogens (primary N) is 1. The highest BCUT2D eigenvalue weighted by atomic mass is 14.7. The average molecular weight is 433 g/mol. The Morgan fingerprint density at radius 2 is 1.61 bits per heavy atom. The number of para-hydroxylation sites is 1. The summed E-state index contributed by atoms with van der Waals surface area (Å²) in [7, 11) is 0. The summed E-state index contributed by atoms with van der Waals surface area (Å²) in [6, 6.07) is 32.9. The van der Waals surface area contributed by atoms with Crippen LogP contribution >= 0.6 is 0 Å². The molecule has 2 heteroatoms. The number of aryl methyl sites for hydroxylation is 1. The lowest BCUT2D eigenvalue weighted by atomic mass is 9.79. The van der Waals surface area contributed by atoms with Gasteiger partial charge in [-0.25, -0.2) is 0 Å². The predicted octanol–water partition coefficient (Wildman–Crippen LogP) is 7.17.